The zero-order chi connectivity index (χ0) is 18.8. The van der Waals surface area contributed by atoms with E-state index in [1.54, 1.807) is 18.2 Å². The van der Waals surface area contributed by atoms with Crippen molar-refractivity contribution < 1.29 is 13.9 Å². The van der Waals surface area contributed by atoms with Gasteiger partial charge in [0.25, 0.3) is 0 Å². The van der Waals surface area contributed by atoms with Gasteiger partial charge in [-0.05, 0) is 48.4 Å². The minimum atomic E-state index is -0.468. The first-order valence-corrected chi connectivity index (χ1v) is 9.27. The van der Waals surface area contributed by atoms with Gasteiger partial charge in [0.05, 0.1) is 5.56 Å². The minimum absolute atomic E-state index is 0.00103. The van der Waals surface area contributed by atoms with Crippen molar-refractivity contribution in [3.05, 3.63) is 99.4 Å². The molecule has 0 saturated heterocycles. The van der Waals surface area contributed by atoms with Gasteiger partial charge in [0.1, 0.15) is 17.3 Å². The van der Waals surface area contributed by atoms with Crippen LogP contribution in [0.1, 0.15) is 41.2 Å². The maximum Gasteiger partial charge on any atom is 0.343 e. The maximum atomic E-state index is 13.0. The van der Waals surface area contributed by atoms with Gasteiger partial charge in [-0.25, -0.2) is 9.18 Å². The van der Waals surface area contributed by atoms with E-state index in [0.29, 0.717) is 30.1 Å². The predicted molar refractivity (Wildman–Crippen MR) is 101 cm³/mol. The smallest absolute Gasteiger partial charge is 0.343 e. The van der Waals surface area contributed by atoms with Gasteiger partial charge in [-0.1, -0.05) is 42.5 Å². The van der Waals surface area contributed by atoms with Gasteiger partial charge in [0, 0.05) is 18.4 Å². The first-order chi connectivity index (χ1) is 13.1. The highest BCUT2D eigenvalue weighted by molar-refractivity contribution is 5.41. The summed E-state index contributed by atoms with van der Waals surface area (Å²) in [7, 11) is 0. The molecule has 3 nitrogen and oxygen atoms in total. The molecule has 1 aromatic heterocycles. The summed E-state index contributed by atoms with van der Waals surface area (Å²) in [6.45, 7) is 0. The van der Waals surface area contributed by atoms with Gasteiger partial charge in [-0.2, -0.15) is 0 Å². The third kappa shape index (κ3) is 3.95. The van der Waals surface area contributed by atoms with Crippen molar-refractivity contribution in [1.82, 2.24) is 0 Å². The van der Waals surface area contributed by atoms with Crippen LogP contribution >= 0.6 is 0 Å². The normalized spacial score (nSPS) is 14.9. The standard InChI is InChI=1S/C23H21FO3/c24-18-11-6-15(7-12-18)8-13-19-14-20(25)22(23(26)27-19)21(17-9-10-17)16-4-2-1-3-5-16/h1-7,11-12,14,17,21,25H,8-10,13H2. The molecule has 2 aromatic carbocycles. The van der Waals surface area contributed by atoms with Crippen LogP contribution in [0.3, 0.4) is 0 Å². The molecule has 1 unspecified atom stereocenters. The van der Waals surface area contributed by atoms with Gasteiger partial charge >= 0.3 is 5.63 Å². The Morgan fingerprint density at radius 3 is 2.37 bits per heavy atom. The molecule has 1 N–H and O–H groups in total. The van der Waals surface area contributed by atoms with E-state index >= 15 is 0 Å². The van der Waals surface area contributed by atoms with Crippen LogP contribution < -0.4 is 5.63 Å². The molecule has 138 valence electrons. The number of halogens is 1. The summed E-state index contributed by atoms with van der Waals surface area (Å²) in [4.78, 5) is 12.7. The van der Waals surface area contributed by atoms with E-state index in [4.69, 9.17) is 4.42 Å². The Morgan fingerprint density at radius 1 is 1.04 bits per heavy atom. The van der Waals surface area contributed by atoms with Crippen molar-refractivity contribution in [2.24, 2.45) is 5.92 Å². The summed E-state index contributed by atoms with van der Waals surface area (Å²) < 4.78 is 18.5. The number of hydrogen-bond donors (Lipinski definition) is 1. The SMILES string of the molecule is O=c1oc(CCc2ccc(F)cc2)cc(O)c1C(c1ccccc1)C1CC1. The van der Waals surface area contributed by atoms with E-state index in [1.807, 2.05) is 30.3 Å². The van der Waals surface area contributed by atoms with E-state index < -0.39 is 5.63 Å². The summed E-state index contributed by atoms with van der Waals surface area (Å²) in [5.74, 6) is 0.397. The second-order valence-corrected chi connectivity index (χ2v) is 7.15. The van der Waals surface area contributed by atoms with Gasteiger partial charge in [-0.15, -0.1) is 0 Å². The molecule has 1 heterocycles. The Balaban J connectivity index is 1.60. The fraction of sp³-hybridized carbons (Fsp3) is 0.261. The number of aryl methyl sites for hydroxylation is 2. The summed E-state index contributed by atoms with van der Waals surface area (Å²) in [5, 5.41) is 10.6. The molecule has 0 radical (unpaired) electrons. The second kappa shape index (κ2) is 7.39. The Kier molecular flexibility index (Phi) is 4.80. The van der Waals surface area contributed by atoms with E-state index in [9.17, 15) is 14.3 Å². The molecule has 4 heteroatoms. The largest absolute Gasteiger partial charge is 0.507 e. The zero-order valence-electron chi connectivity index (χ0n) is 14.9. The molecule has 0 bridgehead atoms. The topological polar surface area (TPSA) is 50.4 Å². The van der Waals surface area contributed by atoms with Crippen LogP contribution in [-0.4, -0.2) is 5.11 Å². The summed E-state index contributed by atoms with van der Waals surface area (Å²) in [5.41, 5.74) is 1.86. The van der Waals surface area contributed by atoms with Crippen LogP contribution in [0.25, 0.3) is 0 Å². The lowest BCUT2D eigenvalue weighted by Crippen LogP contribution is -2.16. The van der Waals surface area contributed by atoms with E-state index in [1.165, 1.54) is 12.1 Å². The van der Waals surface area contributed by atoms with Crippen molar-refractivity contribution in [3.63, 3.8) is 0 Å². The fourth-order valence-electron chi connectivity index (χ4n) is 3.63. The molecule has 1 aliphatic rings. The van der Waals surface area contributed by atoms with Crippen molar-refractivity contribution in [2.75, 3.05) is 0 Å². The highest BCUT2D eigenvalue weighted by atomic mass is 19.1. The first kappa shape index (κ1) is 17.5. The minimum Gasteiger partial charge on any atom is -0.507 e. The van der Waals surface area contributed by atoms with Gasteiger partial charge in [0.2, 0.25) is 0 Å². The number of benzene rings is 2. The van der Waals surface area contributed by atoms with Gasteiger partial charge in [0.15, 0.2) is 0 Å². The molecular weight excluding hydrogens is 343 g/mol. The summed E-state index contributed by atoms with van der Waals surface area (Å²) >= 11 is 0. The number of aromatic hydroxyl groups is 1. The Hall–Kier alpha value is -2.88. The Morgan fingerprint density at radius 2 is 1.74 bits per heavy atom. The maximum absolute atomic E-state index is 13.0. The lowest BCUT2D eigenvalue weighted by atomic mass is 9.87. The average Bonchev–Trinajstić information content (AvgIpc) is 3.50. The van der Waals surface area contributed by atoms with Crippen LogP contribution in [0.2, 0.25) is 0 Å². The highest BCUT2D eigenvalue weighted by Crippen LogP contribution is 2.47. The molecule has 0 amide bonds. The van der Waals surface area contributed by atoms with Gasteiger partial charge in [-0.3, -0.25) is 0 Å². The van der Waals surface area contributed by atoms with Gasteiger partial charge < -0.3 is 9.52 Å². The molecule has 0 aliphatic heterocycles. The Bertz CT molecular complexity index is 973. The van der Waals surface area contributed by atoms with Crippen LogP contribution in [0, 0.1) is 11.7 Å². The molecule has 27 heavy (non-hydrogen) atoms. The monoisotopic (exact) mass is 364 g/mol. The van der Waals surface area contributed by atoms with Crippen LogP contribution in [0.5, 0.6) is 5.75 Å². The Labute approximate surface area is 157 Å². The molecule has 0 spiro atoms. The first-order valence-electron chi connectivity index (χ1n) is 9.27. The van der Waals surface area contributed by atoms with Crippen LogP contribution in [0.15, 0.2) is 69.9 Å². The molecule has 4 rings (SSSR count). The summed E-state index contributed by atoms with van der Waals surface area (Å²) in [6, 6.07) is 17.6. The molecule has 1 fully saturated rings. The number of rotatable bonds is 6. The third-order valence-electron chi connectivity index (χ3n) is 5.15. The predicted octanol–water partition coefficient (Wildman–Crippen LogP) is 4.81. The van der Waals surface area contributed by atoms with Crippen molar-refractivity contribution in [1.29, 1.82) is 0 Å². The van der Waals surface area contributed by atoms with E-state index in [-0.39, 0.29) is 17.5 Å². The van der Waals surface area contributed by atoms with Crippen molar-refractivity contribution >= 4 is 0 Å². The fourth-order valence-corrected chi connectivity index (χ4v) is 3.63. The van der Waals surface area contributed by atoms with Crippen LogP contribution in [-0.2, 0) is 12.8 Å². The van der Waals surface area contributed by atoms with Crippen LogP contribution in [0.4, 0.5) is 4.39 Å². The lowest BCUT2D eigenvalue weighted by molar-refractivity contribution is 0.403. The van der Waals surface area contributed by atoms with E-state index in [0.717, 1.165) is 24.0 Å². The molecular formula is C23H21FO3. The second-order valence-electron chi connectivity index (χ2n) is 7.15. The highest BCUT2D eigenvalue weighted by Gasteiger charge is 2.37. The zero-order valence-corrected chi connectivity index (χ0v) is 14.9. The summed E-state index contributed by atoms with van der Waals surface area (Å²) in [6.07, 6.45) is 3.16. The molecule has 1 aliphatic carbocycles. The van der Waals surface area contributed by atoms with Crippen molar-refractivity contribution in [2.45, 2.75) is 31.6 Å². The van der Waals surface area contributed by atoms with Crippen molar-refractivity contribution in [3.8, 4) is 5.75 Å². The quantitative estimate of drug-likeness (QED) is 0.683. The molecule has 1 atom stereocenters. The molecule has 1 saturated carbocycles. The lowest BCUT2D eigenvalue weighted by Gasteiger charge is -2.17. The average molecular weight is 364 g/mol. The molecule has 3 aromatic rings. The van der Waals surface area contributed by atoms with E-state index in [2.05, 4.69) is 0 Å². The third-order valence-corrected chi connectivity index (χ3v) is 5.15. The number of hydrogen-bond acceptors (Lipinski definition) is 3.